The fraction of sp³-hybridized carbons (Fsp3) is 0.263. The lowest BCUT2D eigenvalue weighted by molar-refractivity contribution is 0.873. The Morgan fingerprint density at radius 1 is 1.09 bits per heavy atom. The number of fused-ring (bicyclic) bond motifs is 1. The van der Waals surface area contributed by atoms with E-state index in [0.29, 0.717) is 0 Å². The first-order chi connectivity index (χ1) is 10.6. The predicted octanol–water partition coefficient (Wildman–Crippen LogP) is 3.17. The molecule has 0 spiro atoms. The highest BCUT2D eigenvalue weighted by molar-refractivity contribution is 6.32. The fourth-order valence-corrected chi connectivity index (χ4v) is 3.20. The summed E-state index contributed by atoms with van der Waals surface area (Å²) >= 11 is 0. The minimum atomic E-state index is 0.821. The lowest BCUT2D eigenvalue weighted by Gasteiger charge is -2.25. The summed E-state index contributed by atoms with van der Waals surface area (Å²) in [7, 11) is 7.87. The molecule has 1 aliphatic heterocycles. The molecule has 0 aromatic heterocycles. The number of nitrogens with one attached hydrogen (secondary N) is 1. The van der Waals surface area contributed by atoms with Crippen molar-refractivity contribution < 1.29 is 0 Å². The topological polar surface area (TPSA) is 15.3 Å². The SMILES string of the molecule is [B]c1ccc2c(c1)C=CCN(c1cc(C)c(NC)c(C)c1)C2. The van der Waals surface area contributed by atoms with E-state index >= 15 is 0 Å². The average molecular weight is 288 g/mol. The summed E-state index contributed by atoms with van der Waals surface area (Å²) in [6.45, 7) is 6.13. The van der Waals surface area contributed by atoms with Gasteiger partial charge in [0.15, 0.2) is 0 Å². The van der Waals surface area contributed by atoms with Crippen LogP contribution in [0.5, 0.6) is 0 Å². The standard InChI is InChI=1S/C19H21BN2/c1-13-9-18(10-14(2)19(13)21-3)22-8-4-5-15-11-17(20)7-6-16(15)12-22/h4-7,9-11,21H,8,12H2,1-3H3. The van der Waals surface area contributed by atoms with Crippen LogP contribution in [-0.2, 0) is 6.54 Å². The van der Waals surface area contributed by atoms with Gasteiger partial charge in [0.1, 0.15) is 7.85 Å². The van der Waals surface area contributed by atoms with E-state index in [9.17, 15) is 0 Å². The number of rotatable bonds is 2. The quantitative estimate of drug-likeness (QED) is 0.854. The van der Waals surface area contributed by atoms with Crippen LogP contribution in [0.25, 0.3) is 6.08 Å². The molecule has 3 rings (SSSR count). The number of hydrogen-bond acceptors (Lipinski definition) is 2. The van der Waals surface area contributed by atoms with Crippen LogP contribution in [0.15, 0.2) is 36.4 Å². The molecule has 2 radical (unpaired) electrons. The number of benzene rings is 2. The van der Waals surface area contributed by atoms with Crippen molar-refractivity contribution in [2.45, 2.75) is 20.4 Å². The molecule has 1 N–H and O–H groups in total. The van der Waals surface area contributed by atoms with Crippen LogP contribution in [0, 0.1) is 13.8 Å². The maximum absolute atomic E-state index is 5.90. The molecule has 0 saturated heterocycles. The first kappa shape index (κ1) is 14.8. The molecule has 0 atom stereocenters. The summed E-state index contributed by atoms with van der Waals surface area (Å²) in [5.74, 6) is 0. The van der Waals surface area contributed by atoms with Crippen LogP contribution in [-0.4, -0.2) is 21.4 Å². The molecule has 1 aliphatic rings. The van der Waals surface area contributed by atoms with E-state index in [2.05, 4.69) is 60.5 Å². The van der Waals surface area contributed by atoms with E-state index in [-0.39, 0.29) is 0 Å². The van der Waals surface area contributed by atoms with Crippen molar-refractivity contribution in [1.82, 2.24) is 0 Å². The molecule has 0 bridgehead atoms. The van der Waals surface area contributed by atoms with Crippen LogP contribution in [0.3, 0.4) is 0 Å². The number of nitrogens with zero attached hydrogens (tertiary/aromatic N) is 1. The van der Waals surface area contributed by atoms with Gasteiger partial charge in [-0.15, -0.1) is 0 Å². The summed E-state index contributed by atoms with van der Waals surface area (Å²) in [5, 5.41) is 3.28. The van der Waals surface area contributed by atoms with Crippen molar-refractivity contribution in [2.75, 3.05) is 23.8 Å². The zero-order chi connectivity index (χ0) is 15.7. The fourth-order valence-electron chi connectivity index (χ4n) is 3.20. The van der Waals surface area contributed by atoms with E-state index in [1.165, 1.54) is 33.6 Å². The molecule has 2 aromatic rings. The zero-order valence-corrected chi connectivity index (χ0v) is 13.5. The van der Waals surface area contributed by atoms with E-state index < -0.39 is 0 Å². The number of anilines is 2. The van der Waals surface area contributed by atoms with Gasteiger partial charge in [-0.3, -0.25) is 0 Å². The third kappa shape index (κ3) is 2.76. The molecule has 0 amide bonds. The minimum absolute atomic E-state index is 0.821. The van der Waals surface area contributed by atoms with Gasteiger partial charge in [0.05, 0.1) is 0 Å². The molecular weight excluding hydrogens is 267 g/mol. The van der Waals surface area contributed by atoms with Crippen LogP contribution in [0.1, 0.15) is 22.3 Å². The Balaban J connectivity index is 1.97. The maximum Gasteiger partial charge on any atom is 0.113 e. The van der Waals surface area contributed by atoms with Gasteiger partial charge in [0, 0.05) is 31.5 Å². The van der Waals surface area contributed by atoms with Crippen LogP contribution in [0.4, 0.5) is 11.4 Å². The second kappa shape index (κ2) is 5.92. The van der Waals surface area contributed by atoms with E-state index in [1.807, 2.05) is 13.1 Å². The molecule has 1 heterocycles. The molecule has 3 heteroatoms. The number of aryl methyl sites for hydroxylation is 2. The molecule has 0 fully saturated rings. The average Bonchev–Trinajstić information content (AvgIpc) is 2.68. The van der Waals surface area contributed by atoms with Crippen molar-refractivity contribution in [3.8, 4) is 0 Å². The normalized spacial score (nSPS) is 13.7. The van der Waals surface area contributed by atoms with Crippen molar-refractivity contribution in [2.24, 2.45) is 0 Å². The van der Waals surface area contributed by atoms with Gasteiger partial charge in [-0.05, 0) is 48.2 Å². The Kier molecular flexibility index (Phi) is 3.97. The third-order valence-corrected chi connectivity index (χ3v) is 4.29. The molecule has 0 aliphatic carbocycles. The highest BCUT2D eigenvalue weighted by atomic mass is 15.1. The summed E-state index contributed by atoms with van der Waals surface area (Å²) < 4.78 is 0. The first-order valence-corrected chi connectivity index (χ1v) is 7.67. The third-order valence-electron chi connectivity index (χ3n) is 4.29. The predicted molar refractivity (Wildman–Crippen MR) is 97.4 cm³/mol. The highest BCUT2D eigenvalue weighted by Gasteiger charge is 2.13. The van der Waals surface area contributed by atoms with E-state index in [1.54, 1.807) is 0 Å². The Morgan fingerprint density at radius 3 is 2.50 bits per heavy atom. The summed E-state index contributed by atoms with van der Waals surface area (Å²) in [5.41, 5.74) is 8.41. The largest absolute Gasteiger partial charge is 0.388 e. The molecule has 2 nitrogen and oxygen atoms in total. The maximum atomic E-state index is 5.90. The highest BCUT2D eigenvalue weighted by Crippen LogP contribution is 2.29. The smallest absolute Gasteiger partial charge is 0.113 e. The van der Waals surface area contributed by atoms with Crippen LogP contribution >= 0.6 is 0 Å². The van der Waals surface area contributed by atoms with Crippen molar-refractivity contribution in [3.05, 3.63) is 58.7 Å². The molecule has 22 heavy (non-hydrogen) atoms. The van der Waals surface area contributed by atoms with E-state index in [4.69, 9.17) is 7.85 Å². The van der Waals surface area contributed by atoms with Crippen LogP contribution < -0.4 is 15.7 Å². The Morgan fingerprint density at radius 2 is 1.82 bits per heavy atom. The zero-order valence-electron chi connectivity index (χ0n) is 13.5. The van der Waals surface area contributed by atoms with Gasteiger partial charge in [-0.25, -0.2) is 0 Å². The molecular formula is C19H21BN2. The van der Waals surface area contributed by atoms with E-state index in [0.717, 1.165) is 18.6 Å². The van der Waals surface area contributed by atoms with Crippen molar-refractivity contribution >= 4 is 30.8 Å². The van der Waals surface area contributed by atoms with Gasteiger partial charge in [-0.1, -0.05) is 35.8 Å². The van der Waals surface area contributed by atoms with Crippen LogP contribution in [0.2, 0.25) is 0 Å². The summed E-state index contributed by atoms with van der Waals surface area (Å²) in [6, 6.07) is 10.7. The second-order valence-electron chi connectivity index (χ2n) is 5.95. The van der Waals surface area contributed by atoms with Gasteiger partial charge in [-0.2, -0.15) is 0 Å². The molecule has 2 aromatic carbocycles. The van der Waals surface area contributed by atoms with Crippen molar-refractivity contribution in [1.29, 1.82) is 0 Å². The minimum Gasteiger partial charge on any atom is -0.388 e. The Bertz CT molecular complexity index is 711. The van der Waals surface area contributed by atoms with Gasteiger partial charge in [0.25, 0.3) is 0 Å². The summed E-state index contributed by atoms with van der Waals surface area (Å²) in [6.07, 6.45) is 4.38. The lowest BCUT2D eigenvalue weighted by atomic mass is 9.92. The Labute approximate surface area is 134 Å². The second-order valence-corrected chi connectivity index (χ2v) is 5.95. The molecule has 0 unspecified atom stereocenters. The van der Waals surface area contributed by atoms with Crippen molar-refractivity contribution in [3.63, 3.8) is 0 Å². The first-order valence-electron chi connectivity index (χ1n) is 7.67. The molecule has 110 valence electrons. The lowest BCUT2D eigenvalue weighted by Crippen LogP contribution is -2.22. The number of hydrogen-bond donors (Lipinski definition) is 1. The molecule has 0 saturated carbocycles. The van der Waals surface area contributed by atoms with Gasteiger partial charge >= 0.3 is 0 Å². The van der Waals surface area contributed by atoms with Gasteiger partial charge in [0.2, 0.25) is 0 Å². The monoisotopic (exact) mass is 288 g/mol. The summed E-state index contributed by atoms with van der Waals surface area (Å²) in [4.78, 5) is 2.40. The van der Waals surface area contributed by atoms with Gasteiger partial charge < -0.3 is 10.2 Å². The Hall–Kier alpha value is -2.16.